The normalized spacial score (nSPS) is 10.5. The van der Waals surface area contributed by atoms with E-state index in [0.717, 1.165) is 16.9 Å². The fourth-order valence-corrected chi connectivity index (χ4v) is 1.83. The highest BCUT2D eigenvalue weighted by Gasteiger charge is 2.05. The number of hydrogen-bond acceptors (Lipinski definition) is 3. The highest BCUT2D eigenvalue weighted by Crippen LogP contribution is 2.24. The van der Waals surface area contributed by atoms with Crippen molar-refractivity contribution in [2.75, 3.05) is 0 Å². The average Bonchev–Trinajstić information content (AvgIpc) is 2.38. The molecule has 0 radical (unpaired) electrons. The Labute approximate surface area is 113 Å². The van der Waals surface area contributed by atoms with Crippen LogP contribution in [0.5, 0.6) is 5.75 Å². The van der Waals surface area contributed by atoms with E-state index in [1.807, 2.05) is 44.2 Å². The Kier molecular flexibility index (Phi) is 3.95. The standard InChI is InChI=1S/C16H17NO2/c1-11(2)19-16-8-15(9-17-10-16)14-6-4-5-13(7-14)12(3)18/h4-11H,1-3H3. The van der Waals surface area contributed by atoms with Crippen LogP contribution in [0.2, 0.25) is 0 Å². The second-order valence-electron chi connectivity index (χ2n) is 4.71. The second kappa shape index (κ2) is 5.65. The molecular formula is C16H17NO2. The summed E-state index contributed by atoms with van der Waals surface area (Å²) in [6.07, 6.45) is 3.57. The molecule has 0 spiro atoms. The number of pyridine rings is 1. The highest BCUT2D eigenvalue weighted by atomic mass is 16.5. The van der Waals surface area contributed by atoms with Crippen molar-refractivity contribution in [1.29, 1.82) is 0 Å². The van der Waals surface area contributed by atoms with E-state index in [4.69, 9.17) is 4.74 Å². The zero-order valence-electron chi connectivity index (χ0n) is 11.4. The van der Waals surface area contributed by atoms with Crippen LogP contribution in [0.15, 0.2) is 42.7 Å². The molecule has 0 bridgehead atoms. The molecule has 0 saturated heterocycles. The van der Waals surface area contributed by atoms with Gasteiger partial charge in [0.15, 0.2) is 5.78 Å². The quantitative estimate of drug-likeness (QED) is 0.781. The van der Waals surface area contributed by atoms with Crippen molar-refractivity contribution in [1.82, 2.24) is 4.98 Å². The molecule has 0 atom stereocenters. The molecular weight excluding hydrogens is 238 g/mol. The van der Waals surface area contributed by atoms with E-state index in [1.165, 1.54) is 0 Å². The van der Waals surface area contributed by atoms with Crippen molar-refractivity contribution in [2.24, 2.45) is 0 Å². The monoisotopic (exact) mass is 255 g/mol. The Morgan fingerprint density at radius 2 is 1.95 bits per heavy atom. The summed E-state index contributed by atoms with van der Waals surface area (Å²) in [6, 6.07) is 9.46. The molecule has 98 valence electrons. The minimum Gasteiger partial charge on any atom is -0.489 e. The van der Waals surface area contributed by atoms with Gasteiger partial charge in [-0.2, -0.15) is 0 Å². The van der Waals surface area contributed by atoms with Gasteiger partial charge < -0.3 is 4.74 Å². The summed E-state index contributed by atoms with van der Waals surface area (Å²) in [6.45, 7) is 5.52. The minimum atomic E-state index is 0.0596. The van der Waals surface area contributed by atoms with E-state index >= 15 is 0 Å². The van der Waals surface area contributed by atoms with E-state index in [-0.39, 0.29) is 11.9 Å². The molecule has 0 unspecified atom stereocenters. The van der Waals surface area contributed by atoms with Crippen molar-refractivity contribution in [3.63, 3.8) is 0 Å². The van der Waals surface area contributed by atoms with Crippen molar-refractivity contribution in [2.45, 2.75) is 26.9 Å². The van der Waals surface area contributed by atoms with Crippen LogP contribution in [0.25, 0.3) is 11.1 Å². The van der Waals surface area contributed by atoms with Crippen LogP contribution >= 0.6 is 0 Å². The van der Waals surface area contributed by atoms with Crippen LogP contribution in [-0.2, 0) is 0 Å². The number of carbonyl (C=O) groups is 1. The molecule has 0 N–H and O–H groups in total. The first-order valence-electron chi connectivity index (χ1n) is 6.29. The van der Waals surface area contributed by atoms with Crippen LogP contribution in [0.3, 0.4) is 0 Å². The summed E-state index contributed by atoms with van der Waals surface area (Å²) >= 11 is 0. The molecule has 0 saturated carbocycles. The van der Waals surface area contributed by atoms with Crippen molar-refractivity contribution in [3.8, 4) is 16.9 Å². The summed E-state index contributed by atoms with van der Waals surface area (Å²) in [5.74, 6) is 0.796. The third kappa shape index (κ3) is 3.41. The lowest BCUT2D eigenvalue weighted by Crippen LogP contribution is -2.05. The Morgan fingerprint density at radius 3 is 2.63 bits per heavy atom. The SMILES string of the molecule is CC(=O)c1cccc(-c2cncc(OC(C)C)c2)c1. The average molecular weight is 255 g/mol. The number of nitrogens with zero attached hydrogens (tertiary/aromatic N) is 1. The first-order chi connectivity index (χ1) is 9.06. The van der Waals surface area contributed by atoms with E-state index in [9.17, 15) is 4.79 Å². The predicted molar refractivity (Wildman–Crippen MR) is 75.4 cm³/mol. The largest absolute Gasteiger partial charge is 0.489 e. The zero-order chi connectivity index (χ0) is 13.8. The number of ketones is 1. The lowest BCUT2D eigenvalue weighted by atomic mass is 10.0. The van der Waals surface area contributed by atoms with Crippen molar-refractivity contribution >= 4 is 5.78 Å². The Balaban J connectivity index is 2.36. The molecule has 0 aliphatic heterocycles. The number of carbonyl (C=O) groups excluding carboxylic acids is 1. The summed E-state index contributed by atoms with van der Waals surface area (Å²) < 4.78 is 5.62. The molecule has 0 amide bonds. The molecule has 1 heterocycles. The molecule has 19 heavy (non-hydrogen) atoms. The molecule has 3 nitrogen and oxygen atoms in total. The summed E-state index contributed by atoms with van der Waals surface area (Å²) in [7, 11) is 0. The Bertz CT molecular complexity index is 591. The van der Waals surface area contributed by atoms with Crippen LogP contribution in [0.4, 0.5) is 0 Å². The van der Waals surface area contributed by atoms with Gasteiger partial charge in [-0.1, -0.05) is 18.2 Å². The number of rotatable bonds is 4. The van der Waals surface area contributed by atoms with Gasteiger partial charge in [0.25, 0.3) is 0 Å². The molecule has 0 aliphatic carbocycles. The number of aromatic nitrogens is 1. The maximum atomic E-state index is 11.4. The third-order valence-electron chi connectivity index (χ3n) is 2.69. The first kappa shape index (κ1) is 13.3. The molecule has 2 aromatic rings. The Morgan fingerprint density at radius 1 is 1.16 bits per heavy atom. The van der Waals surface area contributed by atoms with Gasteiger partial charge >= 0.3 is 0 Å². The third-order valence-corrected chi connectivity index (χ3v) is 2.69. The van der Waals surface area contributed by atoms with E-state index in [2.05, 4.69) is 4.98 Å². The summed E-state index contributed by atoms with van der Waals surface area (Å²) in [5.41, 5.74) is 2.61. The molecule has 1 aromatic carbocycles. The lowest BCUT2D eigenvalue weighted by molar-refractivity contribution is 0.101. The molecule has 0 aliphatic rings. The Hall–Kier alpha value is -2.16. The van der Waals surface area contributed by atoms with E-state index in [1.54, 1.807) is 19.3 Å². The van der Waals surface area contributed by atoms with Gasteiger partial charge in [-0.3, -0.25) is 9.78 Å². The smallest absolute Gasteiger partial charge is 0.159 e. The topological polar surface area (TPSA) is 39.2 Å². The van der Waals surface area contributed by atoms with E-state index < -0.39 is 0 Å². The summed E-state index contributed by atoms with van der Waals surface area (Å²) in [4.78, 5) is 15.6. The molecule has 2 rings (SSSR count). The van der Waals surface area contributed by atoms with Gasteiger partial charge in [-0.25, -0.2) is 0 Å². The van der Waals surface area contributed by atoms with E-state index in [0.29, 0.717) is 5.56 Å². The maximum Gasteiger partial charge on any atom is 0.159 e. The maximum absolute atomic E-state index is 11.4. The van der Waals surface area contributed by atoms with Gasteiger partial charge in [0.05, 0.1) is 12.3 Å². The lowest BCUT2D eigenvalue weighted by Gasteiger charge is -2.10. The molecule has 3 heteroatoms. The second-order valence-corrected chi connectivity index (χ2v) is 4.71. The van der Waals surface area contributed by atoms with Crippen LogP contribution in [0, 0.1) is 0 Å². The van der Waals surface area contributed by atoms with Gasteiger partial charge in [0.2, 0.25) is 0 Å². The van der Waals surface area contributed by atoms with Gasteiger partial charge in [-0.05, 0) is 38.5 Å². The number of benzene rings is 1. The minimum absolute atomic E-state index is 0.0596. The van der Waals surface area contributed by atoms with Crippen LogP contribution in [0.1, 0.15) is 31.1 Å². The predicted octanol–water partition coefficient (Wildman–Crippen LogP) is 3.74. The van der Waals surface area contributed by atoms with Gasteiger partial charge in [-0.15, -0.1) is 0 Å². The molecule has 1 aromatic heterocycles. The first-order valence-corrected chi connectivity index (χ1v) is 6.29. The van der Waals surface area contributed by atoms with Gasteiger partial charge in [0, 0.05) is 17.3 Å². The number of Topliss-reactive ketones (excluding diaryl/α,β-unsaturated/α-hetero) is 1. The number of hydrogen-bond donors (Lipinski definition) is 0. The molecule has 0 fully saturated rings. The zero-order valence-corrected chi connectivity index (χ0v) is 11.4. The van der Waals surface area contributed by atoms with Crippen LogP contribution < -0.4 is 4.74 Å². The highest BCUT2D eigenvalue weighted by molar-refractivity contribution is 5.95. The summed E-state index contributed by atoms with van der Waals surface area (Å²) in [5, 5.41) is 0. The van der Waals surface area contributed by atoms with Crippen molar-refractivity contribution < 1.29 is 9.53 Å². The fraction of sp³-hybridized carbons (Fsp3) is 0.250. The van der Waals surface area contributed by atoms with Gasteiger partial charge in [0.1, 0.15) is 5.75 Å². The van der Waals surface area contributed by atoms with Crippen LogP contribution in [-0.4, -0.2) is 16.9 Å². The fourth-order valence-electron chi connectivity index (χ4n) is 1.83. The van der Waals surface area contributed by atoms with Crippen molar-refractivity contribution in [3.05, 3.63) is 48.3 Å². The number of ether oxygens (including phenoxy) is 1.